The van der Waals surface area contributed by atoms with Crippen LogP contribution in [0.3, 0.4) is 0 Å². The molecule has 0 amide bonds. The summed E-state index contributed by atoms with van der Waals surface area (Å²) in [5.41, 5.74) is 2.78. The lowest BCUT2D eigenvalue weighted by molar-refractivity contribution is -0.139. The topological polar surface area (TPSA) is 88.4 Å². The number of esters is 1. The number of carbonyl (C=O) groups is 1. The third-order valence-electron chi connectivity index (χ3n) is 6.91. The van der Waals surface area contributed by atoms with Crippen molar-refractivity contribution in [3.63, 3.8) is 0 Å². The second-order valence-electron chi connectivity index (χ2n) is 9.74. The van der Waals surface area contributed by atoms with Crippen LogP contribution in [0.2, 0.25) is 10.0 Å². The predicted octanol–water partition coefficient (Wildman–Crippen LogP) is 6.09. The van der Waals surface area contributed by atoms with E-state index in [0.29, 0.717) is 54.5 Å². The number of allylic oxidation sites excluding steroid dienone is 1. The van der Waals surface area contributed by atoms with Crippen molar-refractivity contribution in [1.82, 2.24) is 4.57 Å². The summed E-state index contributed by atoms with van der Waals surface area (Å²) in [5, 5.41) is 1.05. The highest BCUT2D eigenvalue weighted by Gasteiger charge is 2.33. The number of halogens is 2. The maximum Gasteiger partial charge on any atom is 0.338 e. The number of carbonyl (C=O) groups excluding carboxylic acids is 1. The van der Waals surface area contributed by atoms with E-state index >= 15 is 0 Å². The average Bonchev–Trinajstić information content (AvgIpc) is 3.30. The zero-order valence-corrected chi connectivity index (χ0v) is 26.9. The molecule has 0 N–H and O–H groups in total. The number of aromatic nitrogens is 1. The predicted molar refractivity (Wildman–Crippen MR) is 172 cm³/mol. The number of hydrogen-bond acceptors (Lipinski definition) is 8. The van der Waals surface area contributed by atoms with Crippen LogP contribution in [0, 0.1) is 0 Å². The molecule has 44 heavy (non-hydrogen) atoms. The average molecular weight is 654 g/mol. The van der Waals surface area contributed by atoms with Gasteiger partial charge in [-0.1, -0.05) is 58.8 Å². The number of thiazole rings is 1. The van der Waals surface area contributed by atoms with Gasteiger partial charge in [0.2, 0.25) is 0 Å². The molecule has 1 atom stereocenters. The summed E-state index contributed by atoms with van der Waals surface area (Å²) in [7, 11) is 1.55. The number of rotatable bonds is 10. The summed E-state index contributed by atoms with van der Waals surface area (Å²) in [6, 6.07) is 17.3. The maximum absolute atomic E-state index is 13.9. The van der Waals surface area contributed by atoms with E-state index in [9.17, 15) is 9.59 Å². The largest absolute Gasteiger partial charge is 0.494 e. The van der Waals surface area contributed by atoms with Crippen LogP contribution in [0.25, 0.3) is 6.08 Å². The second-order valence-corrected chi connectivity index (χ2v) is 11.6. The van der Waals surface area contributed by atoms with Crippen molar-refractivity contribution in [2.75, 3.05) is 20.3 Å². The molecule has 4 aromatic rings. The highest BCUT2D eigenvalue weighted by Crippen LogP contribution is 2.33. The molecular weight excluding hydrogens is 623 g/mol. The Labute approximate surface area is 268 Å². The summed E-state index contributed by atoms with van der Waals surface area (Å²) in [6.07, 6.45) is 1.77. The lowest BCUT2D eigenvalue weighted by Gasteiger charge is -2.24. The Balaban J connectivity index is 1.53. The molecule has 0 saturated heterocycles. The van der Waals surface area contributed by atoms with Gasteiger partial charge in [-0.25, -0.2) is 9.79 Å². The SMILES string of the molecule is CCOC(=O)C1=C(C)N=c2s/c(=C\c3ccc(OCc4ccc(Cl)cc4Cl)c(OC)c3)c(=O)n2[C@H]1c1ccc(OCC)cc1. The Morgan fingerprint density at radius 3 is 2.45 bits per heavy atom. The van der Waals surface area contributed by atoms with E-state index in [2.05, 4.69) is 4.99 Å². The van der Waals surface area contributed by atoms with Crippen LogP contribution >= 0.6 is 34.5 Å². The molecule has 5 rings (SSSR count). The Morgan fingerprint density at radius 1 is 1.00 bits per heavy atom. The van der Waals surface area contributed by atoms with E-state index < -0.39 is 12.0 Å². The Bertz CT molecular complexity index is 1910. The van der Waals surface area contributed by atoms with Gasteiger partial charge in [-0.05, 0) is 74.4 Å². The first kappa shape index (κ1) is 31.4. The third kappa shape index (κ3) is 6.55. The molecule has 1 aliphatic rings. The van der Waals surface area contributed by atoms with Crippen LogP contribution in [-0.2, 0) is 16.1 Å². The Morgan fingerprint density at radius 2 is 1.77 bits per heavy atom. The number of methoxy groups -OCH3 is 1. The molecule has 0 spiro atoms. The van der Waals surface area contributed by atoms with E-state index in [4.69, 9.17) is 42.1 Å². The molecule has 228 valence electrons. The highest BCUT2D eigenvalue weighted by molar-refractivity contribution is 7.07. The second kappa shape index (κ2) is 13.7. The normalized spacial score (nSPS) is 14.6. The molecule has 0 unspecified atom stereocenters. The highest BCUT2D eigenvalue weighted by atomic mass is 35.5. The van der Waals surface area contributed by atoms with Gasteiger partial charge in [0.05, 0.1) is 42.2 Å². The first-order valence-corrected chi connectivity index (χ1v) is 15.5. The number of hydrogen-bond donors (Lipinski definition) is 0. The first-order valence-electron chi connectivity index (χ1n) is 13.9. The van der Waals surface area contributed by atoms with E-state index in [0.717, 1.165) is 16.7 Å². The quantitative estimate of drug-likeness (QED) is 0.193. The molecule has 0 fully saturated rings. The van der Waals surface area contributed by atoms with Crippen LogP contribution in [-0.4, -0.2) is 30.9 Å². The van der Waals surface area contributed by atoms with Gasteiger partial charge in [-0.2, -0.15) is 0 Å². The summed E-state index contributed by atoms with van der Waals surface area (Å²) in [5.74, 6) is 1.19. The summed E-state index contributed by atoms with van der Waals surface area (Å²) >= 11 is 13.5. The Hall–Kier alpha value is -4.05. The first-order chi connectivity index (χ1) is 21.2. The van der Waals surface area contributed by atoms with Crippen LogP contribution in [0.4, 0.5) is 0 Å². The maximum atomic E-state index is 13.9. The minimum Gasteiger partial charge on any atom is -0.494 e. The molecule has 8 nitrogen and oxygen atoms in total. The number of nitrogens with zero attached hydrogens (tertiary/aromatic N) is 2. The minimum absolute atomic E-state index is 0.199. The number of benzene rings is 3. The van der Waals surface area contributed by atoms with Crippen molar-refractivity contribution in [3.8, 4) is 17.2 Å². The lowest BCUT2D eigenvalue weighted by Crippen LogP contribution is -2.39. The van der Waals surface area contributed by atoms with Gasteiger partial charge in [-0.3, -0.25) is 9.36 Å². The molecule has 0 aliphatic carbocycles. The van der Waals surface area contributed by atoms with Gasteiger partial charge in [0.25, 0.3) is 5.56 Å². The molecule has 3 aromatic carbocycles. The minimum atomic E-state index is -0.715. The van der Waals surface area contributed by atoms with Gasteiger partial charge in [0.1, 0.15) is 12.4 Å². The fourth-order valence-electron chi connectivity index (χ4n) is 4.86. The van der Waals surface area contributed by atoms with Crippen molar-refractivity contribution in [1.29, 1.82) is 0 Å². The molecule has 0 bridgehead atoms. The molecule has 0 saturated carbocycles. The van der Waals surface area contributed by atoms with Crippen LogP contribution in [0.15, 0.2) is 81.7 Å². The van der Waals surface area contributed by atoms with E-state index in [1.807, 2.05) is 37.3 Å². The van der Waals surface area contributed by atoms with Gasteiger partial charge in [0, 0.05) is 15.6 Å². The van der Waals surface area contributed by atoms with Gasteiger partial charge < -0.3 is 18.9 Å². The van der Waals surface area contributed by atoms with Crippen molar-refractivity contribution in [2.24, 2.45) is 4.99 Å². The Kier molecular flexibility index (Phi) is 9.78. The standard InChI is InChI=1S/C33H30Cl2N2O6S/c1-5-41-24-12-9-21(10-13-24)30-29(32(39)42-6-2)19(3)36-33-37(30)31(38)28(44-33)16-20-7-14-26(27(15-20)40-4)43-18-22-8-11-23(34)17-25(22)35/h7-17,30H,5-6,18H2,1-4H3/b28-16-/t30-/m0/s1. The van der Waals surface area contributed by atoms with Gasteiger partial charge in [-0.15, -0.1) is 0 Å². The van der Waals surface area contributed by atoms with Crippen molar-refractivity contribution in [2.45, 2.75) is 33.4 Å². The molecule has 1 aromatic heterocycles. The molecule has 11 heteroatoms. The zero-order valence-electron chi connectivity index (χ0n) is 24.6. The smallest absolute Gasteiger partial charge is 0.338 e. The fraction of sp³-hybridized carbons (Fsp3) is 0.242. The van der Waals surface area contributed by atoms with Crippen LogP contribution in [0.5, 0.6) is 17.2 Å². The van der Waals surface area contributed by atoms with Crippen LogP contribution in [0.1, 0.15) is 43.5 Å². The van der Waals surface area contributed by atoms with Gasteiger partial charge in [0.15, 0.2) is 16.3 Å². The lowest BCUT2D eigenvalue weighted by atomic mass is 9.96. The van der Waals surface area contributed by atoms with Gasteiger partial charge >= 0.3 is 5.97 Å². The van der Waals surface area contributed by atoms with Crippen molar-refractivity contribution >= 4 is 46.6 Å². The third-order valence-corrected chi connectivity index (χ3v) is 8.48. The monoisotopic (exact) mass is 652 g/mol. The van der Waals surface area contributed by atoms with Crippen molar-refractivity contribution < 1.29 is 23.7 Å². The summed E-state index contributed by atoms with van der Waals surface area (Å²) in [4.78, 5) is 32.2. The van der Waals surface area contributed by atoms with Crippen molar-refractivity contribution in [3.05, 3.63) is 118 Å². The molecule has 0 radical (unpaired) electrons. The summed E-state index contributed by atoms with van der Waals surface area (Å²) in [6.45, 7) is 6.35. The van der Waals surface area contributed by atoms with Crippen LogP contribution < -0.4 is 29.1 Å². The number of fused-ring (bicyclic) bond motifs is 1. The van der Waals surface area contributed by atoms with E-state index in [1.165, 1.54) is 11.3 Å². The van der Waals surface area contributed by atoms with E-state index in [-0.39, 0.29) is 18.8 Å². The molecule has 1 aliphatic heterocycles. The zero-order chi connectivity index (χ0) is 31.4. The number of ether oxygens (including phenoxy) is 4. The fourth-order valence-corrected chi connectivity index (χ4v) is 6.37. The van der Waals surface area contributed by atoms with E-state index in [1.54, 1.807) is 61.9 Å². The summed E-state index contributed by atoms with van der Waals surface area (Å²) < 4.78 is 24.5. The molecular formula is C33H30Cl2N2O6S. The molecule has 2 heterocycles.